The lowest BCUT2D eigenvalue weighted by Crippen LogP contribution is -2.32. The summed E-state index contributed by atoms with van der Waals surface area (Å²) in [7, 11) is 0. The molecule has 2 heterocycles. The van der Waals surface area contributed by atoms with Crippen LogP contribution in [0.2, 0.25) is 0 Å². The molecule has 0 radical (unpaired) electrons. The van der Waals surface area contributed by atoms with E-state index in [2.05, 4.69) is 151 Å². The molecule has 1 aromatic heterocycles. The van der Waals surface area contributed by atoms with Gasteiger partial charge in [0.05, 0.1) is 5.41 Å². The van der Waals surface area contributed by atoms with Crippen LogP contribution in [0.1, 0.15) is 22.3 Å². The molecule has 0 atom stereocenters. The van der Waals surface area contributed by atoms with Gasteiger partial charge in [0, 0.05) is 38.0 Å². The molecule has 1 aliphatic heterocycles. The first-order chi connectivity index (χ1) is 22.8. The maximum Gasteiger partial charge on any atom is 0.138 e. The lowest BCUT2D eigenvalue weighted by Gasteiger charge is -2.40. The smallest absolute Gasteiger partial charge is 0.138 e. The molecule has 46 heavy (non-hydrogen) atoms. The van der Waals surface area contributed by atoms with Gasteiger partial charge >= 0.3 is 0 Å². The number of fused-ring (bicyclic) bond motifs is 12. The summed E-state index contributed by atoms with van der Waals surface area (Å²) in [5, 5.41) is 6.08. The van der Waals surface area contributed by atoms with Gasteiger partial charge in [-0.05, 0) is 80.9 Å². The first-order valence-electron chi connectivity index (χ1n) is 15.7. The Morgan fingerprint density at radius 1 is 0.457 bits per heavy atom. The number of hydrogen-bond donors (Lipinski definition) is 1. The van der Waals surface area contributed by atoms with Crippen molar-refractivity contribution in [1.29, 1.82) is 0 Å². The Kier molecular flexibility index (Phi) is 5.46. The van der Waals surface area contributed by atoms with Crippen molar-refractivity contribution in [3.05, 3.63) is 180 Å². The monoisotopic (exact) mass is 605 g/mol. The van der Waals surface area contributed by atoms with Crippen LogP contribution in [0.5, 0.6) is 0 Å². The number of benzene rings is 7. The Morgan fingerprint density at radius 2 is 1.11 bits per heavy atom. The normalized spacial score (nSPS) is 13.7. The van der Waals surface area contributed by atoms with E-state index in [9.17, 15) is 0 Å². The van der Waals surface area contributed by atoms with E-state index in [1.54, 1.807) is 0 Å². The molecule has 1 N–H and O–H groups in total. The van der Waals surface area contributed by atoms with Gasteiger partial charge in [0.25, 0.3) is 0 Å². The van der Waals surface area contributed by atoms with Crippen molar-refractivity contribution in [2.75, 3.05) is 5.32 Å². The van der Waals surface area contributed by atoms with Crippen LogP contribution >= 0.6 is 11.8 Å². The first kappa shape index (κ1) is 25.8. The Morgan fingerprint density at radius 3 is 1.91 bits per heavy atom. The van der Waals surface area contributed by atoms with Gasteiger partial charge in [-0.25, -0.2) is 0 Å². The third-order valence-corrected chi connectivity index (χ3v) is 10.9. The molecule has 7 aromatic carbocycles. The molecule has 8 aromatic rings. The Balaban J connectivity index is 1.18. The molecule has 0 fully saturated rings. The molecule has 10 rings (SSSR count). The summed E-state index contributed by atoms with van der Waals surface area (Å²) in [6.07, 6.45) is 0. The predicted octanol–water partition coefficient (Wildman–Crippen LogP) is 11.8. The van der Waals surface area contributed by atoms with E-state index in [1.165, 1.54) is 48.7 Å². The largest absolute Gasteiger partial charge is 0.456 e. The van der Waals surface area contributed by atoms with Crippen molar-refractivity contribution in [2.45, 2.75) is 15.2 Å². The second-order valence-corrected chi connectivity index (χ2v) is 13.2. The maximum absolute atomic E-state index is 6.43. The number of anilines is 2. The Bertz CT molecular complexity index is 2450. The van der Waals surface area contributed by atoms with Gasteiger partial charge in [-0.1, -0.05) is 127 Å². The molecule has 0 unspecified atom stereocenters. The Hall–Kier alpha value is -5.51. The van der Waals surface area contributed by atoms with E-state index in [0.717, 1.165) is 38.9 Å². The molecule has 3 heteroatoms. The summed E-state index contributed by atoms with van der Waals surface area (Å²) in [4.78, 5) is 2.60. The van der Waals surface area contributed by atoms with Crippen LogP contribution in [0.4, 0.5) is 11.4 Å². The average Bonchev–Trinajstić information content (AvgIpc) is 3.63. The van der Waals surface area contributed by atoms with Crippen molar-refractivity contribution >= 4 is 45.1 Å². The summed E-state index contributed by atoms with van der Waals surface area (Å²) in [5.74, 6) is 0. The van der Waals surface area contributed by atoms with E-state index in [1.807, 2.05) is 23.9 Å². The predicted molar refractivity (Wildman–Crippen MR) is 190 cm³/mol. The summed E-state index contributed by atoms with van der Waals surface area (Å²) < 4.78 is 6.43. The van der Waals surface area contributed by atoms with E-state index in [-0.39, 0.29) is 0 Å². The molecule has 0 amide bonds. The number of furan rings is 1. The average molecular weight is 606 g/mol. The van der Waals surface area contributed by atoms with Gasteiger partial charge < -0.3 is 9.73 Å². The number of nitrogens with one attached hydrogen (secondary N) is 1. The standard InChI is InChI=1S/C43H27NOS/c1-2-12-27(13-3-1)33-24-29(26-39-42(33)32-16-6-10-20-38(32)45-39)44-28-22-23-41-37(25-28)43(36-19-9-11-21-40(36)46-41)34-17-7-4-14-30(34)31-15-5-8-18-35(31)43/h1-26,44H. The minimum absolute atomic E-state index is 0.403. The molecular formula is C43H27NOS. The number of hydrogen-bond acceptors (Lipinski definition) is 3. The minimum Gasteiger partial charge on any atom is -0.456 e. The fraction of sp³-hybridized carbons (Fsp3) is 0.0233. The summed E-state index contributed by atoms with van der Waals surface area (Å²) in [5.41, 5.74) is 13.7. The number of para-hydroxylation sites is 1. The van der Waals surface area contributed by atoms with Crippen LogP contribution in [0.25, 0.3) is 44.2 Å². The first-order valence-corrected chi connectivity index (χ1v) is 16.5. The van der Waals surface area contributed by atoms with Crippen LogP contribution < -0.4 is 5.32 Å². The molecule has 0 bridgehead atoms. The lowest BCUT2D eigenvalue weighted by molar-refractivity contribution is 0.669. The number of rotatable bonds is 3. The maximum atomic E-state index is 6.43. The van der Waals surface area contributed by atoms with E-state index < -0.39 is 5.41 Å². The van der Waals surface area contributed by atoms with Crippen molar-refractivity contribution < 1.29 is 4.42 Å². The summed E-state index contributed by atoms with van der Waals surface area (Å²) in [6, 6.07) is 57.1. The summed E-state index contributed by atoms with van der Waals surface area (Å²) >= 11 is 1.87. The van der Waals surface area contributed by atoms with Gasteiger partial charge in [-0.2, -0.15) is 0 Å². The lowest BCUT2D eigenvalue weighted by atomic mass is 9.67. The molecule has 0 saturated heterocycles. The van der Waals surface area contributed by atoms with Crippen molar-refractivity contribution in [3.8, 4) is 22.3 Å². The van der Waals surface area contributed by atoms with Crippen LogP contribution in [-0.2, 0) is 5.41 Å². The zero-order valence-corrected chi connectivity index (χ0v) is 25.6. The highest BCUT2D eigenvalue weighted by Gasteiger charge is 2.50. The fourth-order valence-electron chi connectivity index (χ4n) is 7.87. The molecule has 1 aliphatic carbocycles. The molecule has 2 aliphatic rings. The summed E-state index contributed by atoms with van der Waals surface area (Å²) in [6.45, 7) is 0. The van der Waals surface area contributed by atoms with Gasteiger partial charge in [-0.3, -0.25) is 0 Å². The molecule has 0 saturated carbocycles. The van der Waals surface area contributed by atoms with Crippen molar-refractivity contribution in [3.63, 3.8) is 0 Å². The van der Waals surface area contributed by atoms with Crippen LogP contribution in [0.15, 0.2) is 172 Å². The van der Waals surface area contributed by atoms with E-state index in [4.69, 9.17) is 4.42 Å². The van der Waals surface area contributed by atoms with E-state index >= 15 is 0 Å². The highest BCUT2D eigenvalue weighted by molar-refractivity contribution is 7.99. The minimum atomic E-state index is -0.403. The van der Waals surface area contributed by atoms with Crippen LogP contribution in [0.3, 0.4) is 0 Å². The van der Waals surface area contributed by atoms with Gasteiger partial charge in [0.15, 0.2) is 0 Å². The fourth-order valence-corrected chi connectivity index (χ4v) is 9.05. The third-order valence-electron chi connectivity index (χ3n) is 9.70. The Labute approximate surface area is 271 Å². The van der Waals surface area contributed by atoms with Gasteiger partial charge in [0.2, 0.25) is 0 Å². The highest BCUT2D eigenvalue weighted by Crippen LogP contribution is 2.62. The second-order valence-electron chi connectivity index (χ2n) is 12.1. The van der Waals surface area contributed by atoms with Crippen LogP contribution in [0, 0.1) is 0 Å². The van der Waals surface area contributed by atoms with E-state index in [0.29, 0.717) is 0 Å². The quantitative estimate of drug-likeness (QED) is 0.217. The highest BCUT2D eigenvalue weighted by atomic mass is 32.2. The third kappa shape index (κ3) is 3.55. The van der Waals surface area contributed by atoms with Crippen LogP contribution in [-0.4, -0.2) is 0 Å². The second kappa shape index (κ2) is 9.74. The topological polar surface area (TPSA) is 25.2 Å². The van der Waals surface area contributed by atoms with Crippen molar-refractivity contribution in [2.24, 2.45) is 0 Å². The SMILES string of the molecule is c1ccc(-c2cc(Nc3ccc4c(c3)C3(c5ccccc5S4)c4ccccc4-c4ccccc43)cc3oc4ccccc4c23)cc1. The van der Waals surface area contributed by atoms with Gasteiger partial charge in [-0.15, -0.1) is 0 Å². The molecule has 1 spiro atoms. The molecule has 2 nitrogen and oxygen atoms in total. The molecular weight excluding hydrogens is 579 g/mol. The zero-order valence-electron chi connectivity index (χ0n) is 24.8. The molecule has 216 valence electrons. The van der Waals surface area contributed by atoms with Gasteiger partial charge in [0.1, 0.15) is 11.2 Å². The van der Waals surface area contributed by atoms with Crippen molar-refractivity contribution in [1.82, 2.24) is 0 Å². The zero-order chi connectivity index (χ0) is 30.2.